The van der Waals surface area contributed by atoms with Gasteiger partial charge in [0.05, 0.1) is 6.34 Å². The molecule has 0 unspecified atom stereocenters. The van der Waals surface area contributed by atoms with Gasteiger partial charge < -0.3 is 19.9 Å². The van der Waals surface area contributed by atoms with E-state index in [0.29, 0.717) is 0 Å². The Morgan fingerprint density at radius 1 is 1.21 bits per heavy atom. The monoisotopic (exact) mass is 447 g/mol. The Labute approximate surface area is 178 Å². The highest BCUT2D eigenvalue weighted by molar-refractivity contribution is 9.07. The summed E-state index contributed by atoms with van der Waals surface area (Å²) in [5.41, 5.74) is 11.4. The number of aryl methyl sites for hydroxylation is 1. The summed E-state index contributed by atoms with van der Waals surface area (Å²) in [6.45, 7) is 13.3. The molecule has 0 fully saturated rings. The maximum atomic E-state index is 5.50. The Hall–Kier alpha value is -1.79. The Morgan fingerprint density at radius 3 is 2.57 bits per heavy atom. The smallest absolute Gasteiger partial charge is 0.0856 e. The third-order valence-electron chi connectivity index (χ3n) is 5.13. The van der Waals surface area contributed by atoms with E-state index in [0.717, 1.165) is 57.0 Å². The summed E-state index contributed by atoms with van der Waals surface area (Å²) in [6.07, 6.45) is 5.74. The van der Waals surface area contributed by atoms with Gasteiger partial charge in [-0.2, -0.15) is 0 Å². The molecule has 1 aromatic rings. The lowest BCUT2D eigenvalue weighted by Gasteiger charge is -2.26. The van der Waals surface area contributed by atoms with E-state index in [9.17, 15) is 0 Å². The molecule has 0 heterocycles. The number of hydrogen-bond donors (Lipinski definition) is 2. The third kappa shape index (κ3) is 6.67. The number of aliphatic imine (C=N–C) groups is 1. The second-order valence-electron chi connectivity index (χ2n) is 7.11. The quantitative estimate of drug-likeness (QED) is 0.229. The van der Waals surface area contributed by atoms with Crippen LogP contribution in [0.5, 0.6) is 0 Å². The molecule has 5 nitrogen and oxygen atoms in total. The molecular weight excluding hydrogens is 414 g/mol. The van der Waals surface area contributed by atoms with Crippen LogP contribution in [0.1, 0.15) is 38.2 Å². The van der Waals surface area contributed by atoms with Crippen molar-refractivity contribution < 1.29 is 0 Å². The van der Waals surface area contributed by atoms with Crippen molar-refractivity contribution in [3.05, 3.63) is 53.4 Å². The lowest BCUT2D eigenvalue weighted by molar-refractivity contribution is 0.538. The highest BCUT2D eigenvalue weighted by atomic mass is 79.9. The van der Waals surface area contributed by atoms with Crippen molar-refractivity contribution in [2.75, 3.05) is 37.6 Å². The molecule has 6 heteroatoms. The van der Waals surface area contributed by atoms with Crippen LogP contribution in [0.25, 0.3) is 0 Å². The average Bonchev–Trinajstić information content (AvgIpc) is 2.71. The second-order valence-corrected chi connectivity index (χ2v) is 7.96. The first kappa shape index (κ1) is 22.5. The lowest BCUT2D eigenvalue weighted by atomic mass is 9.94. The van der Waals surface area contributed by atoms with E-state index in [1.54, 1.807) is 0 Å². The normalized spacial score (nSPS) is 14.5. The molecule has 154 valence electrons. The minimum atomic E-state index is 0.846. The van der Waals surface area contributed by atoms with Gasteiger partial charge in [-0.25, -0.2) is 4.99 Å². The summed E-state index contributed by atoms with van der Waals surface area (Å²) in [6, 6.07) is 8.73. The van der Waals surface area contributed by atoms with Gasteiger partial charge in [-0.15, -0.1) is 0 Å². The SMILES string of the molecule is C=C(C1=C(N=CN)CCCC1)N(Br)CCNCCN(CC)c1ccc(C)cc1. The van der Waals surface area contributed by atoms with Gasteiger partial charge in [-0.3, -0.25) is 0 Å². The van der Waals surface area contributed by atoms with E-state index in [2.05, 4.69) is 76.0 Å². The van der Waals surface area contributed by atoms with Crippen molar-refractivity contribution in [1.29, 1.82) is 0 Å². The maximum Gasteiger partial charge on any atom is 0.0856 e. The predicted octanol–water partition coefficient (Wildman–Crippen LogP) is 4.35. The van der Waals surface area contributed by atoms with E-state index in [-0.39, 0.29) is 0 Å². The van der Waals surface area contributed by atoms with E-state index in [1.807, 2.05) is 3.93 Å². The van der Waals surface area contributed by atoms with Crippen molar-refractivity contribution in [3.63, 3.8) is 0 Å². The zero-order chi connectivity index (χ0) is 20.4. The largest absolute Gasteiger partial charge is 0.390 e. The molecular formula is C22H34BrN5. The van der Waals surface area contributed by atoms with Gasteiger partial charge in [0, 0.05) is 66.0 Å². The van der Waals surface area contributed by atoms with Gasteiger partial charge in [0.25, 0.3) is 0 Å². The molecule has 0 bridgehead atoms. The first-order valence-electron chi connectivity index (χ1n) is 10.2. The summed E-state index contributed by atoms with van der Waals surface area (Å²) in [5.74, 6) is 0. The van der Waals surface area contributed by atoms with Crippen LogP contribution in [0.2, 0.25) is 0 Å². The summed E-state index contributed by atoms with van der Waals surface area (Å²) in [7, 11) is 0. The molecule has 0 amide bonds. The molecule has 1 aromatic carbocycles. The Kier molecular flexibility index (Phi) is 9.58. The molecule has 1 aliphatic carbocycles. The molecule has 0 saturated heterocycles. The van der Waals surface area contributed by atoms with Crippen molar-refractivity contribution in [1.82, 2.24) is 9.24 Å². The molecule has 0 aromatic heterocycles. The maximum absolute atomic E-state index is 5.50. The van der Waals surface area contributed by atoms with Crippen molar-refractivity contribution in [2.24, 2.45) is 10.7 Å². The zero-order valence-corrected chi connectivity index (χ0v) is 18.8. The van der Waals surface area contributed by atoms with Crippen LogP contribution in [0.15, 0.2) is 52.8 Å². The standard InChI is InChI=1S/C22H34BrN5/c1-4-27(20-11-9-18(2)10-12-20)15-13-25-14-16-28(23)19(3)21-7-5-6-8-22(21)26-17-24/h9-12,17,25H,3-8,13-16H2,1-2H3,(H2,24,26). The van der Waals surface area contributed by atoms with Gasteiger partial charge >= 0.3 is 0 Å². The molecule has 0 spiro atoms. The fourth-order valence-electron chi connectivity index (χ4n) is 3.46. The highest BCUT2D eigenvalue weighted by Crippen LogP contribution is 2.32. The van der Waals surface area contributed by atoms with Gasteiger partial charge in [-0.05, 0) is 57.2 Å². The average molecular weight is 448 g/mol. The molecule has 0 radical (unpaired) electrons. The van der Waals surface area contributed by atoms with Crippen molar-refractivity contribution in [3.8, 4) is 0 Å². The number of benzene rings is 1. The number of rotatable bonds is 11. The molecule has 0 atom stereocenters. The number of anilines is 1. The van der Waals surface area contributed by atoms with E-state index in [1.165, 1.54) is 36.0 Å². The Bertz CT molecular complexity index is 681. The number of nitrogens with zero attached hydrogens (tertiary/aromatic N) is 3. The number of likely N-dealkylation sites (N-methyl/N-ethyl adjacent to an activating group) is 1. The summed E-state index contributed by atoms with van der Waals surface area (Å²) in [4.78, 5) is 6.73. The molecule has 1 aliphatic rings. The number of hydrogen-bond acceptors (Lipinski definition) is 4. The van der Waals surface area contributed by atoms with E-state index >= 15 is 0 Å². The molecule has 0 aliphatic heterocycles. The lowest BCUT2D eigenvalue weighted by Crippen LogP contribution is -2.34. The van der Waals surface area contributed by atoms with Crippen LogP contribution in [-0.4, -0.2) is 43.0 Å². The van der Waals surface area contributed by atoms with Gasteiger partial charge in [-0.1, -0.05) is 24.3 Å². The molecule has 2 rings (SSSR count). The van der Waals surface area contributed by atoms with Crippen LogP contribution < -0.4 is 16.0 Å². The molecule has 28 heavy (non-hydrogen) atoms. The van der Waals surface area contributed by atoms with Gasteiger partial charge in [0.1, 0.15) is 0 Å². The number of allylic oxidation sites excluding steroid dienone is 2. The molecule has 3 N–H and O–H groups in total. The predicted molar refractivity (Wildman–Crippen MR) is 125 cm³/mol. The topological polar surface area (TPSA) is 56.9 Å². The van der Waals surface area contributed by atoms with E-state index < -0.39 is 0 Å². The second kappa shape index (κ2) is 11.9. The highest BCUT2D eigenvalue weighted by Gasteiger charge is 2.17. The summed E-state index contributed by atoms with van der Waals surface area (Å²) >= 11 is 3.66. The van der Waals surface area contributed by atoms with Crippen LogP contribution in [0.4, 0.5) is 5.69 Å². The van der Waals surface area contributed by atoms with Crippen molar-refractivity contribution >= 4 is 28.2 Å². The van der Waals surface area contributed by atoms with Crippen LogP contribution in [0.3, 0.4) is 0 Å². The first-order chi connectivity index (χ1) is 13.6. The van der Waals surface area contributed by atoms with Crippen LogP contribution in [0, 0.1) is 6.92 Å². The fourth-order valence-corrected chi connectivity index (χ4v) is 3.85. The van der Waals surface area contributed by atoms with Gasteiger partial charge in [0.2, 0.25) is 0 Å². The minimum Gasteiger partial charge on any atom is -0.390 e. The Balaban J connectivity index is 1.76. The summed E-state index contributed by atoms with van der Waals surface area (Å²) < 4.78 is 2.05. The van der Waals surface area contributed by atoms with Crippen LogP contribution >= 0.6 is 16.1 Å². The minimum absolute atomic E-state index is 0.846. The number of halogens is 1. The number of nitrogens with two attached hydrogens (primary N) is 1. The summed E-state index contributed by atoms with van der Waals surface area (Å²) in [5, 5.41) is 3.54. The zero-order valence-electron chi connectivity index (χ0n) is 17.3. The van der Waals surface area contributed by atoms with Crippen LogP contribution in [-0.2, 0) is 0 Å². The molecule has 0 saturated carbocycles. The fraction of sp³-hybridized carbons (Fsp3) is 0.500. The first-order valence-corrected chi connectivity index (χ1v) is 10.9. The number of nitrogens with one attached hydrogen (secondary N) is 1. The van der Waals surface area contributed by atoms with Crippen molar-refractivity contribution in [2.45, 2.75) is 39.5 Å². The Morgan fingerprint density at radius 2 is 1.89 bits per heavy atom. The third-order valence-corrected chi connectivity index (χ3v) is 5.92. The van der Waals surface area contributed by atoms with E-state index in [4.69, 9.17) is 5.73 Å². The van der Waals surface area contributed by atoms with Gasteiger partial charge in [0.15, 0.2) is 0 Å².